The summed E-state index contributed by atoms with van der Waals surface area (Å²) in [5, 5.41) is 3.73. The first-order valence-corrected chi connectivity index (χ1v) is 6.29. The highest BCUT2D eigenvalue weighted by molar-refractivity contribution is 7.99. The Morgan fingerprint density at radius 1 is 1.18 bits per heavy atom. The van der Waals surface area contributed by atoms with E-state index in [1.54, 1.807) is 31.2 Å². The zero-order valence-corrected chi connectivity index (χ0v) is 10.9. The zero-order chi connectivity index (χ0) is 12.1. The molecule has 1 heterocycles. The van der Waals surface area contributed by atoms with E-state index in [4.69, 9.17) is 12.2 Å². The van der Waals surface area contributed by atoms with E-state index in [0.717, 1.165) is 9.92 Å². The first-order chi connectivity index (χ1) is 8.29. The van der Waals surface area contributed by atoms with Crippen LogP contribution in [0.25, 0.3) is 0 Å². The van der Waals surface area contributed by atoms with Crippen LogP contribution in [0, 0.1) is 0 Å². The summed E-state index contributed by atoms with van der Waals surface area (Å²) < 4.78 is 0. The van der Waals surface area contributed by atoms with Gasteiger partial charge in [-0.1, -0.05) is 42.2 Å². The minimum absolute atomic E-state index is 0.605. The maximum absolute atomic E-state index is 5.07. The summed E-state index contributed by atoms with van der Waals surface area (Å²) in [6.07, 6.45) is 3.42. The number of hydrogen-bond donors (Lipinski definition) is 1. The fourth-order valence-corrected chi connectivity index (χ4v) is 2.07. The molecule has 5 heteroatoms. The molecule has 0 saturated carbocycles. The summed E-state index contributed by atoms with van der Waals surface area (Å²) in [5.41, 5.74) is 0.694. The molecule has 0 atom stereocenters. The molecule has 0 radical (unpaired) electrons. The fourth-order valence-electron chi connectivity index (χ4n) is 1.22. The Balaban J connectivity index is 2.11. The Kier molecular flexibility index (Phi) is 4.06. The van der Waals surface area contributed by atoms with Crippen molar-refractivity contribution in [2.75, 3.05) is 7.05 Å². The lowest BCUT2D eigenvalue weighted by molar-refractivity contribution is 1.03. The van der Waals surface area contributed by atoms with Crippen molar-refractivity contribution in [2.24, 2.45) is 0 Å². The molecule has 2 aromatic rings. The van der Waals surface area contributed by atoms with Crippen LogP contribution in [0.3, 0.4) is 0 Å². The number of aromatic nitrogens is 2. The molecular formula is C12H11N3S2. The molecule has 17 heavy (non-hydrogen) atoms. The molecule has 1 aromatic carbocycles. The van der Waals surface area contributed by atoms with Crippen molar-refractivity contribution >= 4 is 29.0 Å². The van der Waals surface area contributed by atoms with Gasteiger partial charge in [0.25, 0.3) is 0 Å². The second kappa shape index (κ2) is 5.75. The minimum atomic E-state index is 0.605. The van der Waals surface area contributed by atoms with Gasteiger partial charge in [0.05, 0.1) is 12.4 Å². The van der Waals surface area contributed by atoms with Crippen molar-refractivity contribution in [2.45, 2.75) is 9.92 Å². The van der Waals surface area contributed by atoms with E-state index in [2.05, 4.69) is 15.3 Å². The lowest BCUT2D eigenvalue weighted by Gasteiger charge is -2.03. The van der Waals surface area contributed by atoms with Crippen LogP contribution < -0.4 is 5.32 Å². The van der Waals surface area contributed by atoms with E-state index in [-0.39, 0.29) is 0 Å². The molecule has 1 N–H and O–H groups in total. The summed E-state index contributed by atoms with van der Waals surface area (Å²) in [6, 6.07) is 10.1. The molecule has 0 fully saturated rings. The summed E-state index contributed by atoms with van der Waals surface area (Å²) in [7, 11) is 1.77. The number of nitrogens with zero attached hydrogens (tertiary/aromatic N) is 2. The molecule has 0 bridgehead atoms. The highest BCUT2D eigenvalue weighted by Crippen LogP contribution is 2.24. The van der Waals surface area contributed by atoms with E-state index in [1.165, 1.54) is 0 Å². The lowest BCUT2D eigenvalue weighted by Crippen LogP contribution is -2.18. The van der Waals surface area contributed by atoms with Crippen LogP contribution in [0.1, 0.15) is 5.69 Å². The van der Waals surface area contributed by atoms with Gasteiger partial charge in [-0.25, -0.2) is 9.97 Å². The van der Waals surface area contributed by atoms with Gasteiger partial charge in [-0.3, -0.25) is 0 Å². The molecule has 0 unspecified atom stereocenters. The third-order valence-corrected chi connectivity index (χ3v) is 3.39. The van der Waals surface area contributed by atoms with Gasteiger partial charge in [0.15, 0.2) is 0 Å². The van der Waals surface area contributed by atoms with E-state index < -0.39 is 0 Å². The van der Waals surface area contributed by atoms with E-state index in [1.807, 2.05) is 30.3 Å². The van der Waals surface area contributed by atoms with Crippen LogP contribution in [0.15, 0.2) is 52.6 Å². The molecule has 0 aliphatic carbocycles. The van der Waals surface area contributed by atoms with Crippen molar-refractivity contribution in [3.05, 3.63) is 48.4 Å². The maximum Gasteiger partial charge on any atom is 0.126 e. The minimum Gasteiger partial charge on any atom is -0.378 e. The van der Waals surface area contributed by atoms with Gasteiger partial charge < -0.3 is 5.32 Å². The van der Waals surface area contributed by atoms with Gasteiger partial charge >= 0.3 is 0 Å². The summed E-state index contributed by atoms with van der Waals surface area (Å²) in [4.78, 5) is 10.3. The number of rotatable bonds is 3. The van der Waals surface area contributed by atoms with Gasteiger partial charge in [0, 0.05) is 11.9 Å². The Bertz CT molecular complexity index is 497. The zero-order valence-electron chi connectivity index (χ0n) is 9.25. The molecule has 86 valence electrons. The normalized spacial score (nSPS) is 9.94. The van der Waals surface area contributed by atoms with Crippen molar-refractivity contribution in [3.8, 4) is 0 Å². The Labute approximate surface area is 110 Å². The van der Waals surface area contributed by atoms with Crippen molar-refractivity contribution < 1.29 is 0 Å². The standard InChI is InChI=1S/C12H11N3S2/c1-13-12(16)10-7-15-11(8-14-10)17-9-5-3-2-4-6-9/h2-8H,1H3,(H,13,16). The molecule has 2 rings (SSSR count). The maximum atomic E-state index is 5.07. The summed E-state index contributed by atoms with van der Waals surface area (Å²) >= 11 is 6.65. The molecular weight excluding hydrogens is 250 g/mol. The molecule has 0 aliphatic rings. The largest absolute Gasteiger partial charge is 0.378 e. The SMILES string of the molecule is CNC(=S)c1cnc(Sc2ccccc2)cn1. The van der Waals surface area contributed by atoms with Crippen LogP contribution in [-0.2, 0) is 0 Å². The van der Waals surface area contributed by atoms with Crippen LogP contribution in [0.4, 0.5) is 0 Å². The average molecular weight is 261 g/mol. The van der Waals surface area contributed by atoms with Crippen LogP contribution in [0.2, 0.25) is 0 Å². The first kappa shape index (κ1) is 12.0. The van der Waals surface area contributed by atoms with Gasteiger partial charge in [0.2, 0.25) is 0 Å². The van der Waals surface area contributed by atoms with Crippen molar-refractivity contribution in [3.63, 3.8) is 0 Å². The fraction of sp³-hybridized carbons (Fsp3) is 0.0833. The van der Waals surface area contributed by atoms with Crippen LogP contribution in [-0.4, -0.2) is 22.0 Å². The third kappa shape index (κ3) is 3.25. The van der Waals surface area contributed by atoms with Crippen molar-refractivity contribution in [1.29, 1.82) is 0 Å². The van der Waals surface area contributed by atoms with Gasteiger partial charge in [-0.2, -0.15) is 0 Å². The average Bonchev–Trinajstić information content (AvgIpc) is 2.40. The molecule has 1 aromatic heterocycles. The third-order valence-electron chi connectivity index (χ3n) is 2.05. The smallest absolute Gasteiger partial charge is 0.126 e. The number of nitrogens with one attached hydrogen (secondary N) is 1. The molecule has 0 spiro atoms. The molecule has 0 aliphatic heterocycles. The summed E-state index contributed by atoms with van der Waals surface area (Å²) in [5.74, 6) is 0. The Hall–Kier alpha value is -1.46. The van der Waals surface area contributed by atoms with Gasteiger partial charge in [-0.05, 0) is 12.1 Å². The first-order valence-electron chi connectivity index (χ1n) is 5.06. The van der Waals surface area contributed by atoms with Crippen LogP contribution >= 0.6 is 24.0 Å². The number of thiocarbonyl (C=S) groups is 1. The monoisotopic (exact) mass is 261 g/mol. The quantitative estimate of drug-likeness (QED) is 0.859. The Morgan fingerprint density at radius 3 is 2.53 bits per heavy atom. The lowest BCUT2D eigenvalue weighted by atomic mass is 10.4. The van der Waals surface area contributed by atoms with Gasteiger partial charge in [-0.15, -0.1) is 0 Å². The molecule has 0 amide bonds. The predicted molar refractivity (Wildman–Crippen MR) is 73.4 cm³/mol. The van der Waals surface area contributed by atoms with Crippen LogP contribution in [0.5, 0.6) is 0 Å². The number of benzene rings is 1. The second-order valence-corrected chi connectivity index (χ2v) is 4.74. The molecule has 0 saturated heterocycles. The molecule has 3 nitrogen and oxygen atoms in total. The Morgan fingerprint density at radius 2 is 1.94 bits per heavy atom. The van der Waals surface area contributed by atoms with E-state index in [0.29, 0.717) is 10.7 Å². The van der Waals surface area contributed by atoms with E-state index in [9.17, 15) is 0 Å². The van der Waals surface area contributed by atoms with E-state index >= 15 is 0 Å². The predicted octanol–water partition coefficient (Wildman–Crippen LogP) is 2.52. The van der Waals surface area contributed by atoms with Crippen molar-refractivity contribution in [1.82, 2.24) is 15.3 Å². The number of hydrogen-bond acceptors (Lipinski definition) is 4. The highest BCUT2D eigenvalue weighted by atomic mass is 32.2. The van der Waals surface area contributed by atoms with Gasteiger partial charge in [0.1, 0.15) is 15.7 Å². The second-order valence-electron chi connectivity index (χ2n) is 3.23. The topological polar surface area (TPSA) is 37.8 Å². The highest BCUT2D eigenvalue weighted by Gasteiger charge is 2.02. The summed E-state index contributed by atoms with van der Waals surface area (Å²) in [6.45, 7) is 0.